The fraction of sp³-hybridized carbons (Fsp3) is 0.217. The van der Waals surface area contributed by atoms with Gasteiger partial charge in [-0.15, -0.1) is 0 Å². The fourth-order valence-corrected chi connectivity index (χ4v) is 3.31. The van der Waals surface area contributed by atoms with Crippen molar-refractivity contribution in [1.29, 1.82) is 0 Å². The van der Waals surface area contributed by atoms with E-state index < -0.39 is 0 Å². The largest absolute Gasteiger partial charge is 0.492 e. The fourth-order valence-electron chi connectivity index (χ4n) is 3.31. The van der Waals surface area contributed by atoms with Gasteiger partial charge in [0.25, 0.3) is 0 Å². The Morgan fingerprint density at radius 2 is 0.750 bits per heavy atom. The summed E-state index contributed by atoms with van der Waals surface area (Å²) < 4.78 is 28.0. The molecule has 5 heteroatoms. The van der Waals surface area contributed by atoms with E-state index in [1.165, 1.54) is 0 Å². The molecule has 0 aliphatic heterocycles. The standard InChI is InChI=1S/C23H24O5/c1-24-19-18(20(25-2)22(27-4)23(28-5)21(19)26-3)17-13-11-16(12-14-17)15-9-7-6-8-10-15/h6-14H,1-5H3. The van der Waals surface area contributed by atoms with Gasteiger partial charge < -0.3 is 23.7 Å². The number of methoxy groups -OCH3 is 5. The normalized spacial score (nSPS) is 10.3. The van der Waals surface area contributed by atoms with Gasteiger partial charge in [0.15, 0.2) is 11.5 Å². The van der Waals surface area contributed by atoms with Gasteiger partial charge in [-0.05, 0) is 16.7 Å². The average molecular weight is 380 g/mol. The third-order valence-corrected chi connectivity index (χ3v) is 4.58. The maximum atomic E-state index is 5.68. The van der Waals surface area contributed by atoms with E-state index in [9.17, 15) is 0 Å². The Labute approximate surface area is 165 Å². The molecule has 0 N–H and O–H groups in total. The molecule has 3 rings (SSSR count). The topological polar surface area (TPSA) is 46.2 Å². The lowest BCUT2D eigenvalue weighted by atomic mass is 9.98. The van der Waals surface area contributed by atoms with Crippen molar-refractivity contribution in [3.63, 3.8) is 0 Å². The molecule has 3 aromatic carbocycles. The average Bonchev–Trinajstić information content (AvgIpc) is 2.77. The summed E-state index contributed by atoms with van der Waals surface area (Å²) in [6, 6.07) is 18.4. The molecule has 0 amide bonds. The maximum Gasteiger partial charge on any atom is 0.211 e. The van der Waals surface area contributed by atoms with Crippen molar-refractivity contribution >= 4 is 0 Å². The molecule has 0 saturated heterocycles. The van der Waals surface area contributed by atoms with Crippen molar-refractivity contribution in [3.8, 4) is 51.0 Å². The second-order valence-corrected chi connectivity index (χ2v) is 5.98. The summed E-state index contributed by atoms with van der Waals surface area (Å²) in [4.78, 5) is 0. The highest BCUT2D eigenvalue weighted by molar-refractivity contribution is 5.87. The lowest BCUT2D eigenvalue weighted by molar-refractivity contribution is 0.292. The molecule has 0 aliphatic rings. The SMILES string of the molecule is COc1c(OC)c(OC)c(-c2ccc(-c3ccccc3)cc2)c(OC)c1OC. The van der Waals surface area contributed by atoms with Crippen LogP contribution in [0, 0.1) is 0 Å². The van der Waals surface area contributed by atoms with E-state index in [0.717, 1.165) is 22.3 Å². The lowest BCUT2D eigenvalue weighted by Crippen LogP contribution is -2.03. The van der Waals surface area contributed by atoms with E-state index in [1.807, 2.05) is 30.3 Å². The van der Waals surface area contributed by atoms with Crippen molar-refractivity contribution in [1.82, 2.24) is 0 Å². The van der Waals surface area contributed by atoms with Gasteiger partial charge in [-0.2, -0.15) is 0 Å². The van der Waals surface area contributed by atoms with Crippen LogP contribution in [0.5, 0.6) is 28.7 Å². The molecule has 0 fully saturated rings. The molecular formula is C23H24O5. The zero-order valence-electron chi connectivity index (χ0n) is 16.7. The van der Waals surface area contributed by atoms with Crippen LogP contribution in [0.4, 0.5) is 0 Å². The Morgan fingerprint density at radius 3 is 1.18 bits per heavy atom. The van der Waals surface area contributed by atoms with E-state index in [4.69, 9.17) is 23.7 Å². The zero-order valence-corrected chi connectivity index (χ0v) is 16.7. The van der Waals surface area contributed by atoms with E-state index in [1.54, 1.807) is 35.5 Å². The summed E-state index contributed by atoms with van der Waals surface area (Å²) >= 11 is 0. The molecule has 146 valence electrons. The van der Waals surface area contributed by atoms with Gasteiger partial charge in [-0.1, -0.05) is 54.6 Å². The van der Waals surface area contributed by atoms with Gasteiger partial charge in [0.1, 0.15) is 0 Å². The molecule has 0 bridgehead atoms. The van der Waals surface area contributed by atoms with Crippen LogP contribution in [0.15, 0.2) is 54.6 Å². The van der Waals surface area contributed by atoms with Crippen LogP contribution in [0.3, 0.4) is 0 Å². The summed E-state index contributed by atoms with van der Waals surface area (Å²) in [6.45, 7) is 0. The highest BCUT2D eigenvalue weighted by Crippen LogP contribution is 2.57. The minimum Gasteiger partial charge on any atom is -0.492 e. The Balaban J connectivity index is 2.23. The van der Waals surface area contributed by atoms with Crippen LogP contribution in [-0.4, -0.2) is 35.5 Å². The minimum absolute atomic E-state index is 0.420. The molecule has 0 unspecified atom stereocenters. The van der Waals surface area contributed by atoms with Crippen molar-refractivity contribution < 1.29 is 23.7 Å². The second kappa shape index (κ2) is 8.57. The highest BCUT2D eigenvalue weighted by atomic mass is 16.6. The Bertz CT molecular complexity index is 900. The molecule has 0 heterocycles. The molecule has 0 saturated carbocycles. The van der Waals surface area contributed by atoms with E-state index >= 15 is 0 Å². The van der Waals surface area contributed by atoms with Crippen molar-refractivity contribution in [3.05, 3.63) is 54.6 Å². The third-order valence-electron chi connectivity index (χ3n) is 4.58. The Kier molecular flexibility index (Phi) is 5.94. The molecule has 5 nitrogen and oxygen atoms in total. The smallest absolute Gasteiger partial charge is 0.211 e. The number of rotatable bonds is 7. The number of hydrogen-bond donors (Lipinski definition) is 0. The summed E-state index contributed by atoms with van der Waals surface area (Å²) in [5, 5.41) is 0. The summed E-state index contributed by atoms with van der Waals surface area (Å²) in [5.74, 6) is 2.35. The first-order valence-corrected chi connectivity index (χ1v) is 8.79. The first-order chi connectivity index (χ1) is 13.7. The van der Waals surface area contributed by atoms with E-state index in [0.29, 0.717) is 28.7 Å². The molecule has 0 radical (unpaired) electrons. The Hall–Kier alpha value is -3.34. The maximum absolute atomic E-state index is 5.68. The van der Waals surface area contributed by atoms with Gasteiger partial charge in [-0.25, -0.2) is 0 Å². The molecule has 0 aromatic heterocycles. The van der Waals surface area contributed by atoms with Gasteiger partial charge in [-0.3, -0.25) is 0 Å². The summed E-state index contributed by atoms with van der Waals surface area (Å²) in [6.07, 6.45) is 0. The molecular weight excluding hydrogens is 356 g/mol. The third kappa shape index (κ3) is 3.31. The van der Waals surface area contributed by atoms with E-state index in [-0.39, 0.29) is 0 Å². The molecule has 0 atom stereocenters. The van der Waals surface area contributed by atoms with Crippen molar-refractivity contribution in [2.75, 3.05) is 35.5 Å². The van der Waals surface area contributed by atoms with Gasteiger partial charge >= 0.3 is 0 Å². The van der Waals surface area contributed by atoms with Crippen LogP contribution < -0.4 is 23.7 Å². The highest BCUT2D eigenvalue weighted by Gasteiger charge is 2.29. The van der Waals surface area contributed by atoms with E-state index in [2.05, 4.69) is 24.3 Å². The predicted octanol–water partition coefficient (Wildman–Crippen LogP) is 5.06. The quantitative estimate of drug-likeness (QED) is 0.573. The number of ether oxygens (including phenoxy) is 5. The number of benzene rings is 3. The van der Waals surface area contributed by atoms with Crippen LogP contribution in [-0.2, 0) is 0 Å². The van der Waals surface area contributed by atoms with Crippen LogP contribution in [0.25, 0.3) is 22.3 Å². The van der Waals surface area contributed by atoms with Crippen molar-refractivity contribution in [2.45, 2.75) is 0 Å². The molecule has 3 aromatic rings. The monoisotopic (exact) mass is 380 g/mol. The van der Waals surface area contributed by atoms with Crippen LogP contribution in [0.2, 0.25) is 0 Å². The zero-order chi connectivity index (χ0) is 20.1. The molecule has 0 spiro atoms. The lowest BCUT2D eigenvalue weighted by Gasteiger charge is -2.22. The van der Waals surface area contributed by atoms with Gasteiger partial charge in [0, 0.05) is 0 Å². The second-order valence-electron chi connectivity index (χ2n) is 5.98. The summed E-state index contributed by atoms with van der Waals surface area (Å²) in [5.41, 5.74) is 3.92. The molecule has 0 aliphatic carbocycles. The molecule has 28 heavy (non-hydrogen) atoms. The Morgan fingerprint density at radius 1 is 0.393 bits per heavy atom. The minimum atomic E-state index is 0.420. The first-order valence-electron chi connectivity index (χ1n) is 8.79. The first kappa shape index (κ1) is 19.4. The van der Waals surface area contributed by atoms with Gasteiger partial charge in [0.05, 0.1) is 41.1 Å². The number of hydrogen-bond acceptors (Lipinski definition) is 5. The van der Waals surface area contributed by atoms with Crippen molar-refractivity contribution in [2.24, 2.45) is 0 Å². The van der Waals surface area contributed by atoms with Crippen LogP contribution >= 0.6 is 0 Å². The van der Waals surface area contributed by atoms with Crippen LogP contribution in [0.1, 0.15) is 0 Å². The van der Waals surface area contributed by atoms with Gasteiger partial charge in [0.2, 0.25) is 17.2 Å². The predicted molar refractivity (Wildman–Crippen MR) is 110 cm³/mol. The summed E-state index contributed by atoms with van der Waals surface area (Å²) in [7, 11) is 7.85.